The fraction of sp³-hybridized carbons (Fsp3) is 0.550. The largest absolute Gasteiger partial charge is 0.343 e. The fourth-order valence-electron chi connectivity index (χ4n) is 4.48. The Balaban J connectivity index is 1.58. The number of amides is 2. The average molecular weight is 369 g/mol. The molecular weight excluding hydrogens is 342 g/mol. The molecule has 0 unspecified atom stereocenters. The zero-order chi connectivity index (χ0) is 19.0. The zero-order valence-electron chi connectivity index (χ0n) is 16.1. The summed E-state index contributed by atoms with van der Waals surface area (Å²) >= 11 is 0. The molecule has 2 amide bonds. The topological polar surface area (TPSA) is 72.5 Å². The number of hydrogen-bond donors (Lipinski definition) is 1. The lowest BCUT2D eigenvalue weighted by molar-refractivity contribution is -0.130. The molecule has 0 aliphatic carbocycles. The Hall–Kier alpha value is -2.41. The van der Waals surface area contributed by atoms with E-state index < -0.39 is 0 Å². The van der Waals surface area contributed by atoms with E-state index in [-0.39, 0.29) is 17.4 Å². The van der Waals surface area contributed by atoms with Gasteiger partial charge in [-0.15, -0.1) is 0 Å². The first kappa shape index (κ1) is 18.0. The Morgan fingerprint density at radius 3 is 2.85 bits per heavy atom. The molecule has 0 saturated carbocycles. The highest BCUT2D eigenvalue weighted by atomic mass is 16.2. The van der Waals surface area contributed by atoms with Crippen LogP contribution in [-0.4, -0.2) is 82.0 Å². The highest BCUT2D eigenvalue weighted by molar-refractivity contribution is 6.04. The number of para-hydroxylation sites is 1. The van der Waals surface area contributed by atoms with Crippen molar-refractivity contribution in [2.75, 3.05) is 39.8 Å². The van der Waals surface area contributed by atoms with Crippen LogP contribution in [0.3, 0.4) is 0 Å². The molecule has 2 aromatic rings. The normalized spacial score (nSPS) is 24.6. The van der Waals surface area contributed by atoms with Gasteiger partial charge in [-0.05, 0) is 32.9 Å². The van der Waals surface area contributed by atoms with Gasteiger partial charge in [0.2, 0.25) is 5.91 Å². The summed E-state index contributed by atoms with van der Waals surface area (Å²) in [5.41, 5.74) is 1.23. The fourth-order valence-corrected chi connectivity index (χ4v) is 4.48. The lowest BCUT2D eigenvalue weighted by Crippen LogP contribution is -2.62. The molecule has 7 nitrogen and oxygen atoms in total. The van der Waals surface area contributed by atoms with Gasteiger partial charge in [0.15, 0.2) is 5.69 Å². The molecule has 1 aromatic heterocycles. The van der Waals surface area contributed by atoms with Gasteiger partial charge in [0, 0.05) is 50.1 Å². The van der Waals surface area contributed by atoms with Crippen molar-refractivity contribution in [3.8, 4) is 0 Å². The number of rotatable bonds is 2. The number of aromatic amines is 1. The second-order valence-electron chi connectivity index (χ2n) is 7.71. The molecule has 0 bridgehead atoms. The minimum atomic E-state index is -0.139. The van der Waals surface area contributed by atoms with Crippen LogP contribution in [0, 0.1) is 0 Å². The van der Waals surface area contributed by atoms with Crippen LogP contribution in [0.5, 0.6) is 0 Å². The summed E-state index contributed by atoms with van der Waals surface area (Å²) in [6.07, 6.45) is 2.24. The van der Waals surface area contributed by atoms with Crippen molar-refractivity contribution in [3.63, 3.8) is 0 Å². The number of H-pyrrole nitrogens is 1. The Kier molecular flexibility index (Phi) is 4.63. The van der Waals surface area contributed by atoms with Crippen LogP contribution in [-0.2, 0) is 4.79 Å². The molecule has 3 heterocycles. The molecular formula is C20H27N5O2. The maximum absolute atomic E-state index is 13.2. The summed E-state index contributed by atoms with van der Waals surface area (Å²) in [6.45, 7) is 5.68. The van der Waals surface area contributed by atoms with Gasteiger partial charge >= 0.3 is 0 Å². The van der Waals surface area contributed by atoms with E-state index in [0.29, 0.717) is 25.2 Å². The van der Waals surface area contributed by atoms with Gasteiger partial charge in [-0.3, -0.25) is 19.6 Å². The first-order chi connectivity index (χ1) is 13.0. The molecule has 1 N–H and O–H groups in total. The quantitative estimate of drug-likeness (QED) is 0.875. The number of likely N-dealkylation sites (tertiary alicyclic amines) is 1. The summed E-state index contributed by atoms with van der Waals surface area (Å²) in [5.74, 6) is 0.201. The maximum atomic E-state index is 13.2. The number of fused-ring (bicyclic) bond motifs is 1. The minimum absolute atomic E-state index is 0.0251. The van der Waals surface area contributed by atoms with E-state index >= 15 is 0 Å². The zero-order valence-corrected chi connectivity index (χ0v) is 16.1. The predicted molar refractivity (Wildman–Crippen MR) is 103 cm³/mol. The monoisotopic (exact) mass is 369 g/mol. The minimum Gasteiger partial charge on any atom is -0.343 e. The lowest BCUT2D eigenvalue weighted by Gasteiger charge is -2.49. The molecule has 144 valence electrons. The first-order valence-corrected chi connectivity index (χ1v) is 9.75. The number of hydrogen-bond acceptors (Lipinski definition) is 4. The number of carbonyl (C=O) groups is 2. The molecule has 1 atom stereocenters. The predicted octanol–water partition coefficient (Wildman–Crippen LogP) is 1.72. The molecule has 7 heteroatoms. The highest BCUT2D eigenvalue weighted by Gasteiger charge is 2.43. The molecule has 1 spiro atoms. The molecule has 0 radical (unpaired) electrons. The van der Waals surface area contributed by atoms with E-state index in [1.165, 1.54) is 0 Å². The Labute approximate surface area is 159 Å². The maximum Gasteiger partial charge on any atom is 0.275 e. The van der Waals surface area contributed by atoms with Crippen LogP contribution in [0.15, 0.2) is 24.3 Å². The number of aromatic nitrogens is 2. The van der Waals surface area contributed by atoms with E-state index in [0.717, 1.165) is 43.4 Å². The van der Waals surface area contributed by atoms with Gasteiger partial charge in [-0.25, -0.2) is 0 Å². The second kappa shape index (κ2) is 6.96. The van der Waals surface area contributed by atoms with Crippen molar-refractivity contribution < 1.29 is 9.59 Å². The van der Waals surface area contributed by atoms with Crippen LogP contribution in [0.4, 0.5) is 0 Å². The molecule has 27 heavy (non-hydrogen) atoms. The summed E-state index contributed by atoms with van der Waals surface area (Å²) in [5, 5.41) is 8.11. The third kappa shape index (κ3) is 3.10. The van der Waals surface area contributed by atoms with E-state index in [2.05, 4.69) is 22.1 Å². The van der Waals surface area contributed by atoms with Gasteiger partial charge < -0.3 is 9.80 Å². The molecule has 4 rings (SSSR count). The molecule has 2 aliphatic heterocycles. The van der Waals surface area contributed by atoms with Gasteiger partial charge in [0.1, 0.15) is 0 Å². The molecule has 2 fully saturated rings. The Morgan fingerprint density at radius 1 is 1.22 bits per heavy atom. The molecule has 2 aliphatic rings. The van der Waals surface area contributed by atoms with E-state index in [9.17, 15) is 9.59 Å². The van der Waals surface area contributed by atoms with Crippen LogP contribution < -0.4 is 0 Å². The first-order valence-electron chi connectivity index (χ1n) is 9.75. The third-order valence-electron chi connectivity index (χ3n) is 6.35. The van der Waals surface area contributed by atoms with Gasteiger partial charge in [0.25, 0.3) is 5.91 Å². The molecule has 1 aromatic carbocycles. The van der Waals surface area contributed by atoms with Gasteiger partial charge in [-0.1, -0.05) is 18.2 Å². The van der Waals surface area contributed by atoms with Crippen LogP contribution in [0.2, 0.25) is 0 Å². The molecule has 2 saturated heterocycles. The van der Waals surface area contributed by atoms with Crippen molar-refractivity contribution in [1.29, 1.82) is 0 Å². The van der Waals surface area contributed by atoms with Crippen molar-refractivity contribution in [3.05, 3.63) is 30.0 Å². The lowest BCUT2D eigenvalue weighted by atomic mass is 9.86. The van der Waals surface area contributed by atoms with Crippen LogP contribution in [0.1, 0.15) is 36.7 Å². The summed E-state index contributed by atoms with van der Waals surface area (Å²) in [7, 11) is 2.12. The second-order valence-corrected chi connectivity index (χ2v) is 7.71. The Bertz CT molecular complexity index is 863. The van der Waals surface area contributed by atoms with Gasteiger partial charge in [0.05, 0.1) is 5.52 Å². The number of benzene rings is 1. The van der Waals surface area contributed by atoms with Crippen LogP contribution in [0.25, 0.3) is 10.9 Å². The number of likely N-dealkylation sites (N-methyl/N-ethyl adjacent to an activating group) is 1. The average Bonchev–Trinajstić information content (AvgIpc) is 3.05. The highest BCUT2D eigenvalue weighted by Crippen LogP contribution is 2.33. The smallest absolute Gasteiger partial charge is 0.275 e. The van der Waals surface area contributed by atoms with Crippen LogP contribution >= 0.6 is 0 Å². The SMILES string of the molecule is CCN1CC[C@@]2(CCC1=O)CN(C(=O)c1n[nH]c3ccccc13)CCN2C. The standard InChI is InChI=1S/C20H27N5O2/c1-3-24-11-10-20(9-8-17(24)26)14-25(13-12-23(20)2)19(27)18-15-6-4-5-7-16(15)21-22-18/h4-7H,3,8-14H2,1-2H3,(H,21,22)/t20-/m0/s1. The van der Waals surface area contributed by atoms with E-state index in [1.807, 2.05) is 41.0 Å². The van der Waals surface area contributed by atoms with Gasteiger partial charge in [-0.2, -0.15) is 5.10 Å². The van der Waals surface area contributed by atoms with E-state index in [4.69, 9.17) is 0 Å². The van der Waals surface area contributed by atoms with E-state index in [1.54, 1.807) is 0 Å². The number of nitrogens with zero attached hydrogens (tertiary/aromatic N) is 4. The van der Waals surface area contributed by atoms with Crippen molar-refractivity contribution in [1.82, 2.24) is 24.9 Å². The van der Waals surface area contributed by atoms with Crippen molar-refractivity contribution in [2.24, 2.45) is 0 Å². The number of carbonyl (C=O) groups excluding carboxylic acids is 2. The summed E-state index contributed by atoms with van der Waals surface area (Å²) in [4.78, 5) is 31.8. The Morgan fingerprint density at radius 2 is 2.04 bits per heavy atom. The van der Waals surface area contributed by atoms with Crippen molar-refractivity contribution in [2.45, 2.75) is 31.7 Å². The number of piperazine rings is 1. The van der Waals surface area contributed by atoms with Crippen molar-refractivity contribution >= 4 is 22.7 Å². The third-order valence-corrected chi connectivity index (χ3v) is 6.35. The summed E-state index contributed by atoms with van der Waals surface area (Å²) in [6, 6.07) is 7.72. The number of nitrogens with one attached hydrogen (secondary N) is 1. The summed E-state index contributed by atoms with van der Waals surface area (Å²) < 4.78 is 0.